The largest absolute Gasteiger partial charge is 0.395 e. The van der Waals surface area contributed by atoms with Crippen molar-refractivity contribution in [2.45, 2.75) is 0 Å². The van der Waals surface area contributed by atoms with Crippen LogP contribution in [0.1, 0.15) is 0 Å². The summed E-state index contributed by atoms with van der Waals surface area (Å²) >= 11 is 0. The van der Waals surface area contributed by atoms with Crippen molar-refractivity contribution in [3.05, 3.63) is 0 Å². The van der Waals surface area contributed by atoms with Crippen LogP contribution in [-0.2, 0) is 0 Å². The number of nitrogens with zero attached hydrogens (tertiary/aromatic N) is 1. The Morgan fingerprint density at radius 3 is 2.00 bits per heavy atom. The van der Waals surface area contributed by atoms with Gasteiger partial charge in [0.05, 0.1) is 19.3 Å². The SMILES string of the molecule is N=CN(C=N)CCO. The molecule has 0 aliphatic rings. The van der Waals surface area contributed by atoms with Crippen LogP contribution in [0.25, 0.3) is 0 Å². The number of hydrogen-bond donors (Lipinski definition) is 3. The van der Waals surface area contributed by atoms with Gasteiger partial charge in [-0.05, 0) is 0 Å². The molecule has 0 saturated heterocycles. The maximum Gasteiger partial charge on any atom is 0.0869 e. The lowest BCUT2D eigenvalue weighted by atomic mass is 10.6. The number of nitrogens with one attached hydrogen (secondary N) is 2. The van der Waals surface area contributed by atoms with E-state index in [1.54, 1.807) is 0 Å². The van der Waals surface area contributed by atoms with E-state index in [-0.39, 0.29) is 6.61 Å². The Labute approximate surface area is 47.8 Å². The normalized spacial score (nSPS) is 8.12. The van der Waals surface area contributed by atoms with E-state index in [1.807, 2.05) is 0 Å². The lowest BCUT2D eigenvalue weighted by Gasteiger charge is -2.07. The van der Waals surface area contributed by atoms with Gasteiger partial charge in [0.25, 0.3) is 0 Å². The lowest BCUT2D eigenvalue weighted by Crippen LogP contribution is -2.22. The lowest BCUT2D eigenvalue weighted by molar-refractivity contribution is 0.280. The molecule has 8 heavy (non-hydrogen) atoms. The van der Waals surface area contributed by atoms with Gasteiger partial charge in [0, 0.05) is 6.54 Å². The first kappa shape index (κ1) is 7.10. The second-order valence-electron chi connectivity index (χ2n) is 1.22. The molecule has 0 bridgehead atoms. The van der Waals surface area contributed by atoms with Crippen LogP contribution in [-0.4, -0.2) is 35.8 Å². The summed E-state index contributed by atoms with van der Waals surface area (Å²) in [5.74, 6) is 0. The molecular weight excluding hydrogens is 106 g/mol. The molecule has 0 aromatic carbocycles. The molecule has 3 N–H and O–H groups in total. The first-order valence-electron chi connectivity index (χ1n) is 2.23. The van der Waals surface area contributed by atoms with E-state index in [0.29, 0.717) is 6.54 Å². The highest BCUT2D eigenvalue weighted by molar-refractivity contribution is 5.71. The zero-order valence-electron chi connectivity index (χ0n) is 4.46. The summed E-state index contributed by atoms with van der Waals surface area (Å²) < 4.78 is 0. The summed E-state index contributed by atoms with van der Waals surface area (Å²) in [5.41, 5.74) is 0. The van der Waals surface area contributed by atoms with Gasteiger partial charge in [-0.2, -0.15) is 0 Å². The van der Waals surface area contributed by atoms with Gasteiger partial charge in [-0.1, -0.05) is 0 Å². The Bertz CT molecular complexity index is 75.4. The average Bonchev–Trinajstić information content (AvgIpc) is 1.83. The molecule has 0 spiro atoms. The predicted molar refractivity (Wildman–Crippen MR) is 31.4 cm³/mol. The van der Waals surface area contributed by atoms with Gasteiger partial charge in [0.15, 0.2) is 0 Å². The van der Waals surface area contributed by atoms with Crippen molar-refractivity contribution < 1.29 is 5.11 Å². The summed E-state index contributed by atoms with van der Waals surface area (Å²) in [6.45, 7) is 0.303. The van der Waals surface area contributed by atoms with Gasteiger partial charge in [-0.15, -0.1) is 0 Å². The topological polar surface area (TPSA) is 71.2 Å². The zero-order chi connectivity index (χ0) is 6.41. The fourth-order valence-corrected chi connectivity index (χ4v) is 0.282. The van der Waals surface area contributed by atoms with Gasteiger partial charge in [0.1, 0.15) is 0 Å². The minimum absolute atomic E-state index is 0.0231. The fraction of sp³-hybridized carbons (Fsp3) is 0.500. The quantitative estimate of drug-likeness (QED) is 0.341. The molecule has 0 heterocycles. The van der Waals surface area contributed by atoms with E-state index in [9.17, 15) is 0 Å². The van der Waals surface area contributed by atoms with Crippen molar-refractivity contribution in [2.75, 3.05) is 13.2 Å². The van der Waals surface area contributed by atoms with Crippen molar-refractivity contribution in [2.24, 2.45) is 0 Å². The molecule has 0 unspecified atom stereocenters. The minimum atomic E-state index is -0.0231. The Morgan fingerprint density at radius 1 is 1.38 bits per heavy atom. The summed E-state index contributed by atoms with van der Waals surface area (Å²) in [7, 11) is 0. The van der Waals surface area contributed by atoms with Crippen LogP contribution in [0, 0.1) is 10.8 Å². The Balaban J connectivity index is 3.35. The van der Waals surface area contributed by atoms with Crippen LogP contribution in [0.4, 0.5) is 0 Å². The molecule has 0 saturated carbocycles. The average molecular weight is 115 g/mol. The summed E-state index contributed by atoms with van der Waals surface area (Å²) in [4.78, 5) is 1.26. The van der Waals surface area contributed by atoms with Crippen LogP contribution >= 0.6 is 0 Å². The molecule has 0 rings (SSSR count). The Hall–Kier alpha value is -0.900. The predicted octanol–water partition coefficient (Wildman–Crippen LogP) is -0.505. The highest BCUT2D eigenvalue weighted by atomic mass is 16.3. The van der Waals surface area contributed by atoms with Gasteiger partial charge < -0.3 is 10.0 Å². The molecule has 4 heteroatoms. The molecule has 0 fully saturated rings. The molecule has 0 aliphatic heterocycles. The van der Waals surface area contributed by atoms with Crippen molar-refractivity contribution in [1.29, 1.82) is 10.8 Å². The molecule has 0 aliphatic carbocycles. The fourth-order valence-electron chi connectivity index (χ4n) is 0.282. The maximum absolute atomic E-state index is 8.25. The molecule has 0 aromatic heterocycles. The van der Waals surface area contributed by atoms with E-state index >= 15 is 0 Å². The monoisotopic (exact) mass is 115 g/mol. The summed E-state index contributed by atoms with van der Waals surface area (Å²) in [5, 5.41) is 21.5. The molecule has 4 nitrogen and oxygen atoms in total. The van der Waals surface area contributed by atoms with E-state index < -0.39 is 0 Å². The molecule has 0 atom stereocenters. The summed E-state index contributed by atoms with van der Waals surface area (Å²) in [6.07, 6.45) is 1.98. The van der Waals surface area contributed by atoms with Gasteiger partial charge in [-0.25, -0.2) is 0 Å². The second kappa shape index (κ2) is 4.26. The van der Waals surface area contributed by atoms with Crippen molar-refractivity contribution in [3.63, 3.8) is 0 Å². The van der Waals surface area contributed by atoms with E-state index in [4.69, 9.17) is 15.9 Å². The first-order valence-corrected chi connectivity index (χ1v) is 2.23. The van der Waals surface area contributed by atoms with Crippen LogP contribution in [0.2, 0.25) is 0 Å². The molecule has 0 amide bonds. The zero-order valence-corrected chi connectivity index (χ0v) is 4.46. The van der Waals surface area contributed by atoms with E-state index in [0.717, 1.165) is 12.7 Å². The highest BCUT2D eigenvalue weighted by Crippen LogP contribution is 1.71. The van der Waals surface area contributed by atoms with Crippen LogP contribution < -0.4 is 0 Å². The van der Waals surface area contributed by atoms with Crippen LogP contribution in [0.3, 0.4) is 0 Å². The first-order chi connectivity index (χ1) is 3.85. The smallest absolute Gasteiger partial charge is 0.0869 e. The number of aliphatic hydroxyl groups excluding tert-OH is 1. The van der Waals surface area contributed by atoms with Gasteiger partial charge in [0.2, 0.25) is 0 Å². The van der Waals surface area contributed by atoms with E-state index in [2.05, 4.69) is 0 Å². The molecular formula is C4H9N3O. The van der Waals surface area contributed by atoms with Crippen molar-refractivity contribution in [3.8, 4) is 0 Å². The standard InChI is InChI=1S/C4H9N3O/c5-3-7(4-6)1-2-8/h3-6,8H,1-2H2. The molecule has 0 aromatic rings. The van der Waals surface area contributed by atoms with Gasteiger partial charge >= 0.3 is 0 Å². The van der Waals surface area contributed by atoms with E-state index in [1.165, 1.54) is 4.90 Å². The van der Waals surface area contributed by atoms with Crippen molar-refractivity contribution in [1.82, 2.24) is 4.90 Å². The minimum Gasteiger partial charge on any atom is -0.395 e. The van der Waals surface area contributed by atoms with Gasteiger partial charge in [-0.3, -0.25) is 10.8 Å². The number of hydrogen-bond acceptors (Lipinski definition) is 3. The number of rotatable bonds is 4. The third-order valence-corrected chi connectivity index (χ3v) is 0.690. The second-order valence-corrected chi connectivity index (χ2v) is 1.22. The van der Waals surface area contributed by atoms with Crippen molar-refractivity contribution >= 4 is 12.7 Å². The third-order valence-electron chi connectivity index (χ3n) is 0.690. The number of aliphatic hydroxyl groups is 1. The maximum atomic E-state index is 8.25. The third kappa shape index (κ3) is 2.30. The Kier molecular flexibility index (Phi) is 3.78. The van der Waals surface area contributed by atoms with Crippen LogP contribution in [0.15, 0.2) is 0 Å². The Morgan fingerprint density at radius 2 is 1.88 bits per heavy atom. The highest BCUT2D eigenvalue weighted by Gasteiger charge is 1.88. The molecule has 0 radical (unpaired) electrons. The van der Waals surface area contributed by atoms with Crippen LogP contribution in [0.5, 0.6) is 0 Å². The summed E-state index contributed by atoms with van der Waals surface area (Å²) in [6, 6.07) is 0. The molecule has 46 valence electrons.